The minimum Gasteiger partial charge on any atom is -0.368 e. The number of nitriles is 1. The number of amides is 1. The summed E-state index contributed by atoms with van der Waals surface area (Å²) in [5.74, 6) is -0.414. The third-order valence-corrected chi connectivity index (χ3v) is 3.69. The van der Waals surface area contributed by atoms with Crippen molar-refractivity contribution < 1.29 is 4.79 Å². The number of nitrogens with zero attached hydrogens (tertiary/aromatic N) is 2. The molecule has 0 radical (unpaired) electrons. The van der Waals surface area contributed by atoms with Crippen molar-refractivity contribution in [3.05, 3.63) is 59.8 Å². The molecule has 2 rings (SSSR count). The molecule has 2 aromatic rings. The first kappa shape index (κ1) is 13.1. The molecule has 0 saturated heterocycles. The first-order valence-electron chi connectivity index (χ1n) is 5.58. The van der Waals surface area contributed by atoms with E-state index in [0.29, 0.717) is 10.6 Å². The molecule has 1 heterocycles. The van der Waals surface area contributed by atoms with Crippen LogP contribution in [0.15, 0.2) is 53.7 Å². The Balaban J connectivity index is 2.22. The van der Waals surface area contributed by atoms with Gasteiger partial charge in [-0.3, -0.25) is 4.79 Å². The van der Waals surface area contributed by atoms with Gasteiger partial charge in [0.25, 0.3) is 0 Å². The van der Waals surface area contributed by atoms with Crippen LogP contribution in [0.2, 0.25) is 0 Å². The number of thioether (sulfide) groups is 1. The van der Waals surface area contributed by atoms with Gasteiger partial charge >= 0.3 is 0 Å². The molecule has 0 spiro atoms. The number of hydrogen-bond acceptors (Lipinski definition) is 4. The van der Waals surface area contributed by atoms with Crippen LogP contribution in [-0.4, -0.2) is 10.9 Å². The number of aromatic nitrogens is 1. The van der Waals surface area contributed by atoms with Crippen LogP contribution in [0.25, 0.3) is 0 Å². The van der Waals surface area contributed by atoms with Crippen LogP contribution in [0.5, 0.6) is 0 Å². The average Bonchev–Trinajstić information content (AvgIpc) is 2.46. The summed E-state index contributed by atoms with van der Waals surface area (Å²) in [6, 6.07) is 14.7. The van der Waals surface area contributed by atoms with Crippen molar-refractivity contribution in [1.29, 1.82) is 5.26 Å². The third kappa shape index (κ3) is 3.33. The van der Waals surface area contributed by atoms with Crippen LogP contribution in [-0.2, 0) is 4.79 Å². The van der Waals surface area contributed by atoms with Gasteiger partial charge in [-0.05, 0) is 17.7 Å². The van der Waals surface area contributed by atoms with E-state index >= 15 is 0 Å². The topological polar surface area (TPSA) is 79.8 Å². The fourth-order valence-corrected chi connectivity index (χ4v) is 2.47. The highest BCUT2D eigenvalue weighted by atomic mass is 32.2. The van der Waals surface area contributed by atoms with Gasteiger partial charge in [-0.1, -0.05) is 42.1 Å². The van der Waals surface area contributed by atoms with Crippen molar-refractivity contribution in [1.82, 2.24) is 4.98 Å². The maximum Gasteiger partial charge on any atom is 0.235 e. The van der Waals surface area contributed by atoms with Crippen molar-refractivity contribution >= 4 is 17.7 Å². The summed E-state index contributed by atoms with van der Waals surface area (Å²) in [6.07, 6.45) is 1.48. The highest BCUT2D eigenvalue weighted by Crippen LogP contribution is 2.33. The Morgan fingerprint density at radius 2 is 2.00 bits per heavy atom. The Kier molecular flexibility index (Phi) is 4.16. The van der Waals surface area contributed by atoms with E-state index in [1.807, 2.05) is 36.4 Å². The monoisotopic (exact) mass is 269 g/mol. The summed E-state index contributed by atoms with van der Waals surface area (Å²) in [4.78, 5) is 15.7. The quantitative estimate of drug-likeness (QED) is 0.863. The smallest absolute Gasteiger partial charge is 0.235 e. The SMILES string of the molecule is N#Cc1ccc(S[C@@H](C(N)=O)c2ccccc2)nc1. The maximum absolute atomic E-state index is 11.5. The second-order valence-electron chi connectivity index (χ2n) is 3.81. The Hall–Kier alpha value is -2.32. The summed E-state index contributed by atoms with van der Waals surface area (Å²) in [6.45, 7) is 0. The van der Waals surface area contributed by atoms with Crippen LogP contribution < -0.4 is 5.73 Å². The first-order valence-corrected chi connectivity index (χ1v) is 6.46. The molecule has 0 aliphatic carbocycles. The van der Waals surface area contributed by atoms with Gasteiger partial charge in [-0.15, -0.1) is 0 Å². The van der Waals surface area contributed by atoms with E-state index in [1.54, 1.807) is 12.1 Å². The largest absolute Gasteiger partial charge is 0.368 e. The average molecular weight is 269 g/mol. The number of primary amides is 1. The standard InChI is InChI=1S/C14H11N3OS/c15-8-10-6-7-12(17-9-10)19-13(14(16)18)11-4-2-1-3-5-11/h1-7,9,13H,(H2,16,18)/t13-/m1/s1. The number of carbonyl (C=O) groups is 1. The van der Waals surface area contributed by atoms with Crippen LogP contribution in [0.4, 0.5) is 0 Å². The summed E-state index contributed by atoms with van der Waals surface area (Å²) in [5.41, 5.74) is 6.76. The Bertz CT molecular complexity index is 605. The zero-order chi connectivity index (χ0) is 13.7. The molecule has 1 amide bonds. The molecule has 0 unspecified atom stereocenters. The van der Waals surface area contributed by atoms with Crippen molar-refractivity contribution in [2.75, 3.05) is 0 Å². The van der Waals surface area contributed by atoms with Gasteiger partial charge in [0.2, 0.25) is 5.91 Å². The number of benzene rings is 1. The molecule has 2 N–H and O–H groups in total. The molecule has 0 saturated carbocycles. The fraction of sp³-hybridized carbons (Fsp3) is 0.0714. The fourth-order valence-electron chi connectivity index (χ4n) is 1.56. The maximum atomic E-state index is 11.5. The molecular weight excluding hydrogens is 258 g/mol. The van der Waals surface area contributed by atoms with Crippen LogP contribution >= 0.6 is 11.8 Å². The van der Waals surface area contributed by atoms with Gasteiger partial charge in [0.15, 0.2) is 0 Å². The molecule has 0 aliphatic heterocycles. The first-order chi connectivity index (χ1) is 9.20. The summed E-state index contributed by atoms with van der Waals surface area (Å²) in [7, 11) is 0. The minimum absolute atomic E-state index is 0.414. The summed E-state index contributed by atoms with van der Waals surface area (Å²) < 4.78 is 0. The number of hydrogen-bond donors (Lipinski definition) is 1. The zero-order valence-electron chi connectivity index (χ0n) is 9.98. The van der Waals surface area contributed by atoms with Crippen molar-refractivity contribution in [3.8, 4) is 6.07 Å². The van der Waals surface area contributed by atoms with E-state index < -0.39 is 11.2 Å². The lowest BCUT2D eigenvalue weighted by Gasteiger charge is -2.12. The van der Waals surface area contributed by atoms with Crippen molar-refractivity contribution in [2.45, 2.75) is 10.3 Å². The Morgan fingerprint density at radius 1 is 1.26 bits per heavy atom. The second kappa shape index (κ2) is 6.03. The molecule has 1 aromatic carbocycles. The lowest BCUT2D eigenvalue weighted by atomic mass is 10.1. The lowest BCUT2D eigenvalue weighted by Crippen LogP contribution is -2.18. The van der Waals surface area contributed by atoms with Gasteiger partial charge in [0.1, 0.15) is 11.3 Å². The molecule has 1 atom stereocenters. The van der Waals surface area contributed by atoms with Gasteiger partial charge in [-0.2, -0.15) is 5.26 Å². The molecule has 1 aromatic heterocycles. The zero-order valence-corrected chi connectivity index (χ0v) is 10.8. The van der Waals surface area contributed by atoms with E-state index in [1.165, 1.54) is 18.0 Å². The number of carbonyl (C=O) groups excluding carboxylic acids is 1. The van der Waals surface area contributed by atoms with Gasteiger partial charge in [-0.25, -0.2) is 4.98 Å². The predicted molar refractivity (Wildman–Crippen MR) is 73.2 cm³/mol. The van der Waals surface area contributed by atoms with Gasteiger partial charge < -0.3 is 5.73 Å². The van der Waals surface area contributed by atoms with Crippen LogP contribution in [0.1, 0.15) is 16.4 Å². The van der Waals surface area contributed by atoms with E-state index in [0.717, 1.165) is 5.56 Å². The minimum atomic E-state index is -0.485. The second-order valence-corrected chi connectivity index (χ2v) is 4.93. The molecule has 5 heteroatoms. The van der Waals surface area contributed by atoms with E-state index in [4.69, 9.17) is 11.0 Å². The molecule has 19 heavy (non-hydrogen) atoms. The third-order valence-electron chi connectivity index (χ3n) is 2.46. The highest BCUT2D eigenvalue weighted by molar-refractivity contribution is 8.00. The van der Waals surface area contributed by atoms with Crippen molar-refractivity contribution in [2.24, 2.45) is 5.73 Å². The molecule has 0 bridgehead atoms. The predicted octanol–water partition coefficient (Wildman–Crippen LogP) is 2.27. The number of nitrogens with two attached hydrogens (primary N) is 1. The van der Waals surface area contributed by atoms with Crippen LogP contribution in [0, 0.1) is 11.3 Å². The summed E-state index contributed by atoms with van der Waals surface area (Å²) >= 11 is 1.27. The Morgan fingerprint density at radius 3 is 2.53 bits per heavy atom. The van der Waals surface area contributed by atoms with E-state index in [9.17, 15) is 4.79 Å². The lowest BCUT2D eigenvalue weighted by molar-refractivity contribution is -0.117. The van der Waals surface area contributed by atoms with E-state index in [2.05, 4.69) is 4.98 Å². The normalized spacial score (nSPS) is 11.5. The summed E-state index contributed by atoms with van der Waals surface area (Å²) in [5, 5.41) is 8.88. The van der Waals surface area contributed by atoms with Gasteiger partial charge in [0.05, 0.1) is 10.6 Å². The van der Waals surface area contributed by atoms with E-state index in [-0.39, 0.29) is 0 Å². The van der Waals surface area contributed by atoms with Crippen molar-refractivity contribution in [3.63, 3.8) is 0 Å². The molecule has 94 valence electrons. The molecule has 0 fully saturated rings. The van der Waals surface area contributed by atoms with Crippen LogP contribution in [0.3, 0.4) is 0 Å². The highest BCUT2D eigenvalue weighted by Gasteiger charge is 2.19. The Labute approximate surface area is 115 Å². The number of rotatable bonds is 4. The molecule has 0 aliphatic rings. The molecule has 4 nitrogen and oxygen atoms in total. The number of pyridine rings is 1. The van der Waals surface area contributed by atoms with Gasteiger partial charge in [0, 0.05) is 6.20 Å². The molecular formula is C14H11N3OS.